The lowest BCUT2D eigenvalue weighted by Crippen LogP contribution is -2.31. The Balaban J connectivity index is 2.41. The number of β-amino-alcohol motifs (C(OH)–C–C–N with tert-alkyl or cyclic N) is 1. The molecule has 0 aromatic heterocycles. The molecule has 1 heterocycles. The minimum Gasteiger partial charge on any atom is -0.466 e. The maximum Gasteiger partial charge on any atom is 0.337 e. The molecule has 0 fully saturated rings. The number of nitrogens with one attached hydrogen (secondary N) is 1. The van der Waals surface area contributed by atoms with E-state index in [1.807, 2.05) is 0 Å². The van der Waals surface area contributed by atoms with E-state index >= 15 is 0 Å². The number of carbonyl (C=O) groups excluding carboxylic acids is 2. The van der Waals surface area contributed by atoms with Crippen LogP contribution in [-0.4, -0.2) is 48.7 Å². The average Bonchev–Trinajstić information content (AvgIpc) is 2.79. The van der Waals surface area contributed by atoms with E-state index in [0.717, 1.165) is 12.1 Å². The SMILES string of the molecule is COC(=O)C1=C(Nc2c(Cl)cc(F)cc2Cl)C(=O)N(CCO)C1. The van der Waals surface area contributed by atoms with Crippen molar-refractivity contribution in [3.63, 3.8) is 0 Å². The minimum absolute atomic E-state index is 0.0230. The Morgan fingerprint density at radius 2 is 2.04 bits per heavy atom. The van der Waals surface area contributed by atoms with E-state index in [1.165, 1.54) is 12.0 Å². The maximum absolute atomic E-state index is 13.2. The Morgan fingerprint density at radius 3 is 2.57 bits per heavy atom. The molecule has 0 spiro atoms. The van der Waals surface area contributed by atoms with Crippen molar-refractivity contribution in [1.29, 1.82) is 0 Å². The van der Waals surface area contributed by atoms with Gasteiger partial charge in [-0.05, 0) is 12.1 Å². The molecule has 0 bridgehead atoms. The first-order chi connectivity index (χ1) is 10.9. The molecule has 23 heavy (non-hydrogen) atoms. The highest BCUT2D eigenvalue weighted by Crippen LogP contribution is 2.34. The predicted molar refractivity (Wildman–Crippen MR) is 82.8 cm³/mol. The summed E-state index contributed by atoms with van der Waals surface area (Å²) in [5.41, 5.74) is 0.105. The summed E-state index contributed by atoms with van der Waals surface area (Å²) in [6, 6.07) is 2.05. The molecule has 0 unspecified atom stereocenters. The second kappa shape index (κ2) is 7.16. The van der Waals surface area contributed by atoms with Gasteiger partial charge in [0, 0.05) is 6.54 Å². The van der Waals surface area contributed by atoms with Crippen molar-refractivity contribution < 1.29 is 23.8 Å². The lowest BCUT2D eigenvalue weighted by atomic mass is 10.2. The van der Waals surface area contributed by atoms with Crippen molar-refractivity contribution in [2.75, 3.05) is 32.1 Å². The highest BCUT2D eigenvalue weighted by Gasteiger charge is 2.35. The molecule has 2 N–H and O–H groups in total. The summed E-state index contributed by atoms with van der Waals surface area (Å²) in [7, 11) is 1.18. The zero-order chi connectivity index (χ0) is 17.1. The number of ether oxygens (including phenoxy) is 1. The van der Waals surface area contributed by atoms with Crippen molar-refractivity contribution in [1.82, 2.24) is 4.90 Å². The van der Waals surface area contributed by atoms with Crippen LogP contribution in [0.1, 0.15) is 0 Å². The largest absolute Gasteiger partial charge is 0.466 e. The van der Waals surface area contributed by atoms with Crippen LogP contribution in [0, 0.1) is 5.82 Å². The monoisotopic (exact) mass is 362 g/mol. The first kappa shape index (κ1) is 17.5. The molecule has 6 nitrogen and oxygen atoms in total. The summed E-state index contributed by atoms with van der Waals surface area (Å²) < 4.78 is 17.9. The van der Waals surface area contributed by atoms with E-state index in [2.05, 4.69) is 10.1 Å². The van der Waals surface area contributed by atoms with Crippen molar-refractivity contribution in [2.24, 2.45) is 0 Å². The van der Waals surface area contributed by atoms with Gasteiger partial charge in [0.2, 0.25) is 0 Å². The number of hydrogen-bond acceptors (Lipinski definition) is 5. The van der Waals surface area contributed by atoms with Crippen LogP contribution in [0.3, 0.4) is 0 Å². The number of carbonyl (C=O) groups is 2. The average molecular weight is 363 g/mol. The zero-order valence-corrected chi connectivity index (χ0v) is 13.5. The van der Waals surface area contributed by atoms with Crippen molar-refractivity contribution >= 4 is 40.8 Å². The minimum atomic E-state index is -0.698. The highest BCUT2D eigenvalue weighted by molar-refractivity contribution is 6.39. The van der Waals surface area contributed by atoms with E-state index in [4.69, 9.17) is 28.3 Å². The molecule has 0 radical (unpaired) electrons. The topological polar surface area (TPSA) is 78.9 Å². The van der Waals surface area contributed by atoms with Crippen molar-refractivity contribution in [3.8, 4) is 0 Å². The zero-order valence-electron chi connectivity index (χ0n) is 12.0. The fourth-order valence-corrected chi connectivity index (χ4v) is 2.69. The number of halogens is 3. The van der Waals surface area contributed by atoms with Gasteiger partial charge < -0.3 is 20.1 Å². The Kier molecular flexibility index (Phi) is 5.46. The smallest absolute Gasteiger partial charge is 0.337 e. The number of methoxy groups -OCH3 is 1. The van der Waals surface area contributed by atoms with Gasteiger partial charge in [0.25, 0.3) is 5.91 Å². The number of aliphatic hydroxyl groups is 1. The van der Waals surface area contributed by atoms with E-state index in [0.29, 0.717) is 0 Å². The summed E-state index contributed by atoms with van der Waals surface area (Å²) in [4.78, 5) is 25.5. The molecule has 0 aliphatic carbocycles. The molecule has 1 aromatic rings. The van der Waals surface area contributed by atoms with Crippen LogP contribution in [0.25, 0.3) is 0 Å². The van der Waals surface area contributed by atoms with E-state index in [9.17, 15) is 14.0 Å². The van der Waals surface area contributed by atoms with Gasteiger partial charge in [-0.25, -0.2) is 9.18 Å². The van der Waals surface area contributed by atoms with Gasteiger partial charge >= 0.3 is 5.97 Å². The van der Waals surface area contributed by atoms with Crippen molar-refractivity contribution in [2.45, 2.75) is 0 Å². The fraction of sp³-hybridized carbons (Fsp3) is 0.286. The van der Waals surface area contributed by atoms with Gasteiger partial charge in [-0.1, -0.05) is 23.2 Å². The van der Waals surface area contributed by atoms with Gasteiger partial charge in [-0.15, -0.1) is 0 Å². The summed E-state index contributed by atoms with van der Waals surface area (Å²) in [5, 5.41) is 11.6. The van der Waals surface area contributed by atoms with Crippen LogP contribution >= 0.6 is 23.2 Å². The van der Waals surface area contributed by atoms with Crippen LogP contribution < -0.4 is 5.32 Å². The van der Waals surface area contributed by atoms with Gasteiger partial charge in [0.1, 0.15) is 11.5 Å². The number of esters is 1. The third kappa shape index (κ3) is 3.57. The standard InChI is InChI=1S/C14H13Cl2FN2O4/c1-23-14(22)8-6-19(2-3-20)13(21)11(8)18-12-9(15)4-7(17)5-10(12)16/h4-5,18,20H,2-3,6H2,1H3. The molecule has 1 aliphatic heterocycles. The number of benzene rings is 1. The molecule has 1 aromatic carbocycles. The third-order valence-corrected chi connectivity index (χ3v) is 3.81. The van der Waals surface area contributed by atoms with Crippen molar-refractivity contribution in [3.05, 3.63) is 39.3 Å². The van der Waals surface area contributed by atoms with Gasteiger partial charge in [-0.2, -0.15) is 0 Å². The fourth-order valence-electron chi connectivity index (χ4n) is 2.14. The molecule has 0 saturated carbocycles. The number of anilines is 1. The van der Waals surface area contributed by atoms with Crippen LogP contribution in [-0.2, 0) is 14.3 Å². The molecular weight excluding hydrogens is 350 g/mol. The lowest BCUT2D eigenvalue weighted by molar-refractivity contribution is -0.136. The number of nitrogens with zero attached hydrogens (tertiary/aromatic N) is 1. The summed E-state index contributed by atoms with van der Waals surface area (Å²) >= 11 is 11.9. The van der Waals surface area contributed by atoms with E-state index in [1.54, 1.807) is 0 Å². The van der Waals surface area contributed by atoms with Crippen LogP contribution in [0.2, 0.25) is 10.0 Å². The second-order valence-electron chi connectivity index (χ2n) is 4.66. The molecule has 1 aliphatic rings. The van der Waals surface area contributed by atoms with Crippen LogP contribution in [0.5, 0.6) is 0 Å². The van der Waals surface area contributed by atoms with Crippen LogP contribution in [0.4, 0.5) is 10.1 Å². The molecule has 9 heteroatoms. The van der Waals surface area contributed by atoms with E-state index in [-0.39, 0.29) is 46.7 Å². The summed E-state index contributed by atoms with van der Waals surface area (Å²) in [6.45, 7) is -0.230. The quantitative estimate of drug-likeness (QED) is 0.781. The van der Waals surface area contributed by atoms with Gasteiger partial charge in [-0.3, -0.25) is 4.79 Å². The maximum atomic E-state index is 13.2. The molecule has 124 valence electrons. The molecule has 0 saturated heterocycles. The molecule has 1 amide bonds. The number of rotatable bonds is 5. The van der Waals surface area contributed by atoms with Gasteiger partial charge in [0.15, 0.2) is 0 Å². The summed E-state index contributed by atoms with van der Waals surface area (Å²) in [6.07, 6.45) is 0. The lowest BCUT2D eigenvalue weighted by Gasteiger charge is -2.15. The number of amides is 1. The number of hydrogen-bond donors (Lipinski definition) is 2. The Labute approximate surface area is 141 Å². The third-order valence-electron chi connectivity index (χ3n) is 3.21. The predicted octanol–water partition coefficient (Wildman–Crippen LogP) is 1.81. The molecule has 2 rings (SSSR count). The Morgan fingerprint density at radius 1 is 1.43 bits per heavy atom. The first-order valence-electron chi connectivity index (χ1n) is 6.52. The first-order valence-corrected chi connectivity index (χ1v) is 7.27. The van der Waals surface area contributed by atoms with Gasteiger partial charge in [0.05, 0.1) is 41.6 Å². The normalized spacial score (nSPS) is 14.5. The molecule has 0 atom stereocenters. The second-order valence-corrected chi connectivity index (χ2v) is 5.48. The molecular formula is C14H13Cl2FN2O4. The Bertz CT molecular complexity index is 670. The van der Waals surface area contributed by atoms with Crippen LogP contribution in [0.15, 0.2) is 23.4 Å². The van der Waals surface area contributed by atoms with E-state index < -0.39 is 17.7 Å². The Hall–Kier alpha value is -1.83. The highest BCUT2D eigenvalue weighted by atomic mass is 35.5. The summed E-state index contributed by atoms with van der Waals surface area (Å²) in [5.74, 6) is -1.85. The number of aliphatic hydroxyl groups excluding tert-OH is 1.